The third-order valence-electron chi connectivity index (χ3n) is 2.50. The number of nitrogens with one attached hydrogen (secondary N) is 1. The van der Waals surface area contributed by atoms with Crippen molar-refractivity contribution in [1.29, 1.82) is 0 Å². The second kappa shape index (κ2) is 6.17. The summed E-state index contributed by atoms with van der Waals surface area (Å²) in [5.74, 6) is 0.275. The first kappa shape index (κ1) is 16.4. The predicted octanol–water partition coefficient (Wildman–Crippen LogP) is 1.81. The van der Waals surface area contributed by atoms with Gasteiger partial charge in [-0.1, -0.05) is 25.4 Å². The van der Waals surface area contributed by atoms with Crippen LogP contribution in [0.3, 0.4) is 0 Å². The first-order valence-electron chi connectivity index (χ1n) is 5.96. The van der Waals surface area contributed by atoms with Crippen LogP contribution in [0.2, 0.25) is 5.15 Å². The summed E-state index contributed by atoms with van der Waals surface area (Å²) in [7, 11) is -3.68. The van der Waals surface area contributed by atoms with Crippen molar-refractivity contribution in [3.63, 3.8) is 0 Å². The van der Waals surface area contributed by atoms with E-state index in [0.29, 0.717) is 6.42 Å². The van der Waals surface area contributed by atoms with Crippen molar-refractivity contribution in [3.8, 4) is 0 Å². The minimum Gasteiger partial charge on any atom is -0.389 e. The molecule has 0 saturated carbocycles. The van der Waals surface area contributed by atoms with Crippen molar-refractivity contribution < 1.29 is 13.5 Å². The molecule has 19 heavy (non-hydrogen) atoms. The summed E-state index contributed by atoms with van der Waals surface area (Å²) < 4.78 is 26.3. The molecular weight excluding hydrogens is 288 g/mol. The summed E-state index contributed by atoms with van der Waals surface area (Å²) in [5, 5.41) is 10.3. The highest BCUT2D eigenvalue weighted by Gasteiger charge is 2.25. The van der Waals surface area contributed by atoms with Gasteiger partial charge in [0, 0.05) is 12.7 Å². The van der Waals surface area contributed by atoms with Gasteiger partial charge in [-0.25, -0.2) is 18.1 Å². The number of hydrogen-bond acceptors (Lipinski definition) is 4. The van der Waals surface area contributed by atoms with Gasteiger partial charge >= 0.3 is 0 Å². The Bertz CT molecular complexity index is 512. The molecule has 1 aromatic heterocycles. The van der Waals surface area contributed by atoms with E-state index in [9.17, 15) is 13.5 Å². The minimum absolute atomic E-state index is 0.0252. The van der Waals surface area contributed by atoms with E-state index in [1.807, 2.05) is 13.8 Å². The van der Waals surface area contributed by atoms with Crippen LogP contribution in [-0.2, 0) is 10.0 Å². The topological polar surface area (TPSA) is 79.3 Å². The average Bonchev–Trinajstić information content (AvgIpc) is 2.26. The van der Waals surface area contributed by atoms with Crippen molar-refractivity contribution in [1.82, 2.24) is 9.71 Å². The maximum absolute atomic E-state index is 12.0. The Kier molecular flexibility index (Phi) is 5.32. The molecule has 5 nitrogen and oxygen atoms in total. The number of sulfonamides is 1. The van der Waals surface area contributed by atoms with Crippen molar-refractivity contribution in [2.24, 2.45) is 5.92 Å². The molecular formula is C12H19ClN2O3S. The van der Waals surface area contributed by atoms with Crippen LogP contribution in [0.5, 0.6) is 0 Å². The molecule has 0 aliphatic carbocycles. The summed E-state index contributed by atoms with van der Waals surface area (Å²) in [6.45, 7) is 5.49. The molecule has 0 fully saturated rings. The van der Waals surface area contributed by atoms with Crippen molar-refractivity contribution >= 4 is 21.6 Å². The first-order chi connectivity index (χ1) is 8.62. The highest BCUT2D eigenvalue weighted by Crippen LogP contribution is 2.17. The lowest BCUT2D eigenvalue weighted by atomic mass is 9.95. The van der Waals surface area contributed by atoms with Crippen LogP contribution in [0.1, 0.15) is 27.2 Å². The Morgan fingerprint density at radius 3 is 2.58 bits per heavy atom. The largest absolute Gasteiger partial charge is 0.389 e. The molecule has 0 aromatic carbocycles. The van der Waals surface area contributed by atoms with E-state index >= 15 is 0 Å². The monoisotopic (exact) mass is 306 g/mol. The molecule has 1 rings (SSSR count). The van der Waals surface area contributed by atoms with E-state index in [1.54, 1.807) is 6.92 Å². The van der Waals surface area contributed by atoms with Gasteiger partial charge in [-0.15, -0.1) is 0 Å². The van der Waals surface area contributed by atoms with Gasteiger partial charge in [0.2, 0.25) is 10.0 Å². The van der Waals surface area contributed by atoms with Gasteiger partial charge in [-0.3, -0.25) is 0 Å². The Balaban J connectivity index is 2.73. The molecule has 0 aliphatic heterocycles. The highest BCUT2D eigenvalue weighted by molar-refractivity contribution is 7.89. The van der Waals surface area contributed by atoms with Crippen molar-refractivity contribution in [2.45, 2.75) is 37.7 Å². The zero-order valence-electron chi connectivity index (χ0n) is 11.2. The van der Waals surface area contributed by atoms with Crippen LogP contribution in [0.4, 0.5) is 0 Å². The number of hydrogen-bond donors (Lipinski definition) is 2. The summed E-state index contributed by atoms with van der Waals surface area (Å²) in [4.78, 5) is 3.75. The van der Waals surface area contributed by atoms with E-state index < -0.39 is 15.6 Å². The van der Waals surface area contributed by atoms with E-state index in [-0.39, 0.29) is 22.5 Å². The zero-order chi connectivity index (χ0) is 14.7. The lowest BCUT2D eigenvalue weighted by molar-refractivity contribution is 0.0437. The highest BCUT2D eigenvalue weighted by atomic mass is 35.5. The summed E-state index contributed by atoms with van der Waals surface area (Å²) >= 11 is 5.60. The normalized spacial score (nSPS) is 15.5. The van der Waals surface area contributed by atoms with Gasteiger partial charge in [0.05, 0.1) is 5.60 Å². The van der Waals surface area contributed by atoms with Crippen LogP contribution >= 0.6 is 11.6 Å². The van der Waals surface area contributed by atoms with Crippen molar-refractivity contribution in [2.75, 3.05) is 6.54 Å². The molecule has 0 amide bonds. The maximum Gasteiger partial charge on any atom is 0.242 e. The standard InChI is InChI=1S/C12H19ClN2O3S/c1-9(2)6-12(3,16)8-15-19(17,18)10-4-5-11(13)14-7-10/h4-5,7,9,15-16H,6,8H2,1-3H3. The molecule has 0 bridgehead atoms. The van der Waals surface area contributed by atoms with Gasteiger partial charge in [-0.2, -0.15) is 0 Å². The number of nitrogens with zero attached hydrogens (tertiary/aromatic N) is 1. The van der Waals surface area contributed by atoms with Gasteiger partial charge in [-0.05, 0) is 31.4 Å². The van der Waals surface area contributed by atoms with Gasteiger partial charge in [0.1, 0.15) is 10.0 Å². The van der Waals surface area contributed by atoms with Crippen LogP contribution in [0, 0.1) is 5.92 Å². The lowest BCUT2D eigenvalue weighted by Gasteiger charge is -2.25. The fourth-order valence-electron chi connectivity index (χ4n) is 1.81. The zero-order valence-corrected chi connectivity index (χ0v) is 12.8. The van der Waals surface area contributed by atoms with Crippen LogP contribution < -0.4 is 4.72 Å². The molecule has 7 heteroatoms. The quantitative estimate of drug-likeness (QED) is 0.786. The van der Waals surface area contributed by atoms with E-state index in [1.165, 1.54) is 18.3 Å². The molecule has 0 spiro atoms. The maximum atomic E-state index is 12.0. The Labute approximate surface area is 119 Å². The first-order valence-corrected chi connectivity index (χ1v) is 7.82. The molecule has 1 unspecified atom stereocenters. The molecule has 1 heterocycles. The second-order valence-electron chi connectivity index (χ2n) is 5.24. The van der Waals surface area contributed by atoms with Crippen LogP contribution in [-0.4, -0.2) is 30.7 Å². The van der Waals surface area contributed by atoms with E-state index in [0.717, 1.165) is 0 Å². The summed E-state index contributed by atoms with van der Waals surface area (Å²) in [5.41, 5.74) is -1.08. The van der Waals surface area contributed by atoms with Gasteiger partial charge in [0.25, 0.3) is 0 Å². The third-order valence-corrected chi connectivity index (χ3v) is 4.11. The van der Waals surface area contributed by atoms with E-state index in [2.05, 4.69) is 9.71 Å². The van der Waals surface area contributed by atoms with Crippen LogP contribution in [0.15, 0.2) is 23.2 Å². The minimum atomic E-state index is -3.68. The van der Waals surface area contributed by atoms with Gasteiger partial charge in [0.15, 0.2) is 0 Å². The summed E-state index contributed by atoms with van der Waals surface area (Å²) in [6, 6.07) is 2.78. The molecule has 0 radical (unpaired) electrons. The molecule has 0 aliphatic rings. The molecule has 2 N–H and O–H groups in total. The SMILES string of the molecule is CC(C)CC(C)(O)CNS(=O)(=O)c1ccc(Cl)nc1. The number of rotatable bonds is 6. The number of halogens is 1. The van der Waals surface area contributed by atoms with E-state index in [4.69, 9.17) is 11.6 Å². The predicted molar refractivity (Wildman–Crippen MR) is 74.5 cm³/mol. The van der Waals surface area contributed by atoms with Crippen LogP contribution in [0.25, 0.3) is 0 Å². The fourth-order valence-corrected chi connectivity index (χ4v) is 3.02. The van der Waals surface area contributed by atoms with Crippen molar-refractivity contribution in [3.05, 3.63) is 23.5 Å². The lowest BCUT2D eigenvalue weighted by Crippen LogP contribution is -2.41. The number of aromatic nitrogens is 1. The Hall–Kier alpha value is -0.690. The number of pyridine rings is 1. The molecule has 108 valence electrons. The Morgan fingerprint density at radius 2 is 2.11 bits per heavy atom. The Morgan fingerprint density at radius 1 is 1.47 bits per heavy atom. The third kappa shape index (κ3) is 5.44. The smallest absolute Gasteiger partial charge is 0.242 e. The van der Waals surface area contributed by atoms with Gasteiger partial charge < -0.3 is 5.11 Å². The number of aliphatic hydroxyl groups is 1. The second-order valence-corrected chi connectivity index (χ2v) is 7.39. The molecule has 1 aromatic rings. The average molecular weight is 307 g/mol. The summed E-state index contributed by atoms with van der Waals surface area (Å²) in [6.07, 6.45) is 1.69. The fraction of sp³-hybridized carbons (Fsp3) is 0.583. The molecule has 0 saturated heterocycles. The molecule has 1 atom stereocenters.